The smallest absolute Gasteiger partial charge is 0.306 e. The number of rotatable bonds is 8. The van der Waals surface area contributed by atoms with Gasteiger partial charge >= 0.3 is 5.97 Å². The molecule has 4 rings (SSSR count). The molecule has 0 spiro atoms. The summed E-state index contributed by atoms with van der Waals surface area (Å²) in [5.41, 5.74) is 3.03. The number of benzene rings is 1. The van der Waals surface area contributed by atoms with Gasteiger partial charge < -0.3 is 9.15 Å². The number of ketones is 1. The van der Waals surface area contributed by atoms with Crippen LogP contribution >= 0.6 is 11.3 Å². The average molecular weight is 486 g/mol. The number of hydrogen-bond donors (Lipinski definition) is 0. The molecule has 0 unspecified atom stereocenters. The molecule has 7 nitrogen and oxygen atoms in total. The second-order valence-corrected chi connectivity index (χ2v) is 8.55. The molecule has 1 aromatic carbocycles. The summed E-state index contributed by atoms with van der Waals surface area (Å²) in [6, 6.07) is 4.87. The van der Waals surface area contributed by atoms with Crippen molar-refractivity contribution < 1.29 is 27.5 Å². The molecule has 0 aliphatic heterocycles. The third kappa shape index (κ3) is 4.96. The molecule has 10 heteroatoms. The van der Waals surface area contributed by atoms with Gasteiger partial charge in [-0.15, -0.1) is 11.3 Å². The molecule has 4 aromatic rings. The van der Waals surface area contributed by atoms with Crippen LogP contribution in [0.5, 0.6) is 0 Å². The quantitative estimate of drug-likeness (QED) is 0.253. The number of carbonyl (C=O) groups excluding carboxylic acids is 2. The van der Waals surface area contributed by atoms with Crippen LogP contribution in [0, 0.1) is 32.4 Å². The van der Waals surface area contributed by atoms with Gasteiger partial charge in [0.1, 0.15) is 11.6 Å². The summed E-state index contributed by atoms with van der Waals surface area (Å²) >= 11 is 1.48. The van der Waals surface area contributed by atoms with Crippen molar-refractivity contribution in [1.82, 2.24) is 14.5 Å². The van der Waals surface area contributed by atoms with Crippen LogP contribution in [-0.2, 0) is 16.0 Å². The minimum absolute atomic E-state index is 0.0684. The van der Waals surface area contributed by atoms with Crippen molar-refractivity contribution in [2.45, 2.75) is 33.6 Å². The number of esters is 1. The number of hydrogen-bond acceptors (Lipinski definition) is 7. The van der Waals surface area contributed by atoms with Gasteiger partial charge in [-0.2, -0.15) is 0 Å². The van der Waals surface area contributed by atoms with Crippen LogP contribution in [0.25, 0.3) is 16.5 Å². The van der Waals surface area contributed by atoms with Gasteiger partial charge in [-0.25, -0.2) is 18.7 Å². The van der Waals surface area contributed by atoms with E-state index in [1.54, 1.807) is 6.07 Å². The lowest BCUT2D eigenvalue weighted by Gasteiger charge is -2.06. The van der Waals surface area contributed by atoms with Crippen LogP contribution in [0.1, 0.15) is 39.8 Å². The van der Waals surface area contributed by atoms with Gasteiger partial charge in [-0.1, -0.05) is 0 Å². The lowest BCUT2D eigenvalue weighted by molar-refractivity contribution is -0.142. The first-order valence-electron chi connectivity index (χ1n) is 10.4. The summed E-state index contributed by atoms with van der Waals surface area (Å²) in [5, 5.41) is 2.71. The van der Waals surface area contributed by atoms with E-state index >= 15 is 0 Å². The van der Waals surface area contributed by atoms with Gasteiger partial charge in [0, 0.05) is 34.8 Å². The Morgan fingerprint density at radius 1 is 1.18 bits per heavy atom. The van der Waals surface area contributed by atoms with Crippen molar-refractivity contribution in [2.24, 2.45) is 0 Å². The fraction of sp³-hybridized carbons (Fsp3) is 0.250. The highest BCUT2D eigenvalue weighted by Crippen LogP contribution is 2.25. The molecule has 0 radical (unpaired) electrons. The number of halogens is 2. The molecule has 0 amide bonds. The van der Waals surface area contributed by atoms with Crippen molar-refractivity contribution in [1.29, 1.82) is 0 Å². The average Bonchev–Trinajstić information content (AvgIpc) is 3.50. The molecule has 0 fully saturated rings. The maximum Gasteiger partial charge on any atom is 0.306 e. The number of ether oxygens (including phenoxy) is 1. The van der Waals surface area contributed by atoms with E-state index in [2.05, 4.69) is 9.97 Å². The molecule has 3 aromatic heterocycles. The summed E-state index contributed by atoms with van der Waals surface area (Å²) in [6.45, 7) is 5.22. The Morgan fingerprint density at radius 2 is 1.97 bits per heavy atom. The van der Waals surface area contributed by atoms with Crippen LogP contribution < -0.4 is 0 Å². The Hall–Kier alpha value is -3.66. The van der Waals surface area contributed by atoms with Crippen LogP contribution in [0.2, 0.25) is 0 Å². The van der Waals surface area contributed by atoms with Crippen molar-refractivity contribution in [3.8, 4) is 16.5 Å². The van der Waals surface area contributed by atoms with E-state index in [-0.39, 0.29) is 35.8 Å². The molecule has 34 heavy (non-hydrogen) atoms. The number of carbonyl (C=O) groups is 2. The summed E-state index contributed by atoms with van der Waals surface area (Å²) in [5.74, 6) is -2.05. The number of thiazole rings is 1. The zero-order chi connectivity index (χ0) is 24.4. The van der Waals surface area contributed by atoms with E-state index in [0.717, 1.165) is 34.3 Å². The maximum absolute atomic E-state index is 13.9. The molecule has 0 aliphatic carbocycles. The molecular weight excluding hydrogens is 464 g/mol. The van der Waals surface area contributed by atoms with Gasteiger partial charge in [0.05, 0.1) is 23.9 Å². The maximum atomic E-state index is 13.9. The molecule has 0 saturated carbocycles. The van der Waals surface area contributed by atoms with Gasteiger partial charge in [-0.3, -0.25) is 14.2 Å². The monoisotopic (exact) mass is 485 g/mol. The minimum Gasteiger partial charge on any atom is -0.457 e. The Morgan fingerprint density at radius 3 is 2.68 bits per heavy atom. The van der Waals surface area contributed by atoms with E-state index in [1.807, 2.05) is 30.7 Å². The third-order valence-electron chi connectivity index (χ3n) is 5.19. The van der Waals surface area contributed by atoms with Crippen molar-refractivity contribution >= 4 is 23.1 Å². The topological polar surface area (TPSA) is 87.2 Å². The highest BCUT2D eigenvalue weighted by Gasteiger charge is 2.20. The van der Waals surface area contributed by atoms with Crippen molar-refractivity contribution in [3.63, 3.8) is 0 Å². The lowest BCUT2D eigenvalue weighted by atomic mass is 10.1. The Bertz CT molecular complexity index is 1370. The number of aryl methyl sites for hydroxylation is 3. The summed E-state index contributed by atoms with van der Waals surface area (Å²) in [6.07, 6.45) is 1.34. The number of nitrogens with zero attached hydrogens (tertiary/aromatic N) is 3. The van der Waals surface area contributed by atoms with E-state index in [0.29, 0.717) is 5.56 Å². The van der Waals surface area contributed by atoms with Crippen molar-refractivity contribution in [3.05, 3.63) is 76.0 Å². The first kappa shape index (κ1) is 23.5. The Balaban J connectivity index is 1.33. The van der Waals surface area contributed by atoms with E-state index in [4.69, 9.17) is 9.15 Å². The van der Waals surface area contributed by atoms with Gasteiger partial charge in [-0.05, 0) is 39.0 Å². The van der Waals surface area contributed by atoms with Crippen LogP contribution in [-0.4, -0.2) is 32.9 Å². The van der Waals surface area contributed by atoms with Crippen LogP contribution in [0.3, 0.4) is 0 Å². The van der Waals surface area contributed by atoms with Crippen LogP contribution in [0.15, 0.2) is 40.3 Å². The van der Waals surface area contributed by atoms with E-state index in [9.17, 15) is 18.4 Å². The zero-order valence-electron chi connectivity index (χ0n) is 18.7. The number of oxazole rings is 1. The third-order valence-corrected chi connectivity index (χ3v) is 6.13. The molecule has 0 atom stereocenters. The summed E-state index contributed by atoms with van der Waals surface area (Å²) < 4.78 is 39.5. The predicted octanol–water partition coefficient (Wildman–Crippen LogP) is 5.15. The second-order valence-electron chi connectivity index (χ2n) is 7.72. The van der Waals surface area contributed by atoms with Crippen molar-refractivity contribution in [2.75, 3.05) is 6.61 Å². The first-order valence-corrected chi connectivity index (χ1v) is 11.3. The molecule has 0 N–H and O–H groups in total. The fourth-order valence-corrected chi connectivity index (χ4v) is 4.44. The minimum atomic E-state index is -0.773. The standard InChI is InChI=1S/C24H21F2N3O4S/c1-13-12-34-24(28-13)29-14(2)8-18(15(29)3)20(30)11-32-23(31)7-6-22-27-10-21(33-22)17-5-4-16(25)9-19(17)26/h4-5,8-10,12H,6-7,11H2,1-3H3. The van der Waals surface area contributed by atoms with Gasteiger partial charge in [0.25, 0.3) is 0 Å². The highest BCUT2D eigenvalue weighted by molar-refractivity contribution is 7.12. The normalized spacial score (nSPS) is 11.1. The number of Topliss-reactive ketones (excluding diaryl/α,β-unsaturated/α-hetero) is 1. The van der Waals surface area contributed by atoms with Gasteiger partial charge in [0.2, 0.25) is 5.78 Å². The number of aromatic nitrogens is 3. The Labute approximate surface area is 198 Å². The summed E-state index contributed by atoms with van der Waals surface area (Å²) in [7, 11) is 0. The fourth-order valence-electron chi connectivity index (χ4n) is 3.53. The predicted molar refractivity (Wildman–Crippen MR) is 121 cm³/mol. The molecule has 3 heterocycles. The lowest BCUT2D eigenvalue weighted by Crippen LogP contribution is -2.15. The molecule has 0 bridgehead atoms. The molecule has 0 aliphatic rings. The van der Waals surface area contributed by atoms with E-state index < -0.39 is 24.2 Å². The zero-order valence-corrected chi connectivity index (χ0v) is 19.5. The summed E-state index contributed by atoms with van der Waals surface area (Å²) in [4.78, 5) is 33.3. The SMILES string of the molecule is Cc1csc(-n2c(C)cc(C(=O)COC(=O)CCc3ncc(-c4ccc(F)cc4F)o3)c2C)n1. The highest BCUT2D eigenvalue weighted by atomic mass is 32.1. The molecule has 176 valence electrons. The second kappa shape index (κ2) is 9.68. The first-order chi connectivity index (χ1) is 16.2. The Kier molecular flexibility index (Phi) is 6.69. The molecule has 0 saturated heterocycles. The largest absolute Gasteiger partial charge is 0.457 e. The van der Waals surface area contributed by atoms with Gasteiger partial charge in [0.15, 0.2) is 23.4 Å². The molecular formula is C24H21F2N3O4S. The van der Waals surface area contributed by atoms with E-state index in [1.165, 1.54) is 23.6 Å². The van der Waals surface area contributed by atoms with Crippen LogP contribution in [0.4, 0.5) is 8.78 Å².